The van der Waals surface area contributed by atoms with Crippen molar-refractivity contribution in [3.05, 3.63) is 51.7 Å². The van der Waals surface area contributed by atoms with Gasteiger partial charge in [-0.1, -0.05) is 6.07 Å². The third-order valence-corrected chi connectivity index (χ3v) is 9.84. The van der Waals surface area contributed by atoms with Gasteiger partial charge in [0.1, 0.15) is 21.4 Å². The number of aromatic nitrogens is 5. The standard InChI is InChI=1S/C31H41IN8O2/c1-21(40-28-25(26(32)36-40)27(33-5)34-20-35-28)23-18-22-8-6-7-13-39(22)24(23)19-37-14-9-31(10-15-37)11-16-38(17-12-31)29(41)42-30(2,3)4/h6-8,13,18,20-21H,9-12,14-17,19H2,1-5H3,(H,33,34,35). The fourth-order valence-electron chi connectivity index (χ4n) is 6.64. The molecule has 2 fully saturated rings. The molecule has 2 aliphatic rings. The smallest absolute Gasteiger partial charge is 0.410 e. The number of carbonyl (C=O) groups excluding carboxylic acids is 1. The van der Waals surface area contributed by atoms with E-state index in [-0.39, 0.29) is 12.1 Å². The molecule has 1 spiro atoms. The van der Waals surface area contributed by atoms with E-state index in [2.05, 4.69) is 84.6 Å². The zero-order valence-electron chi connectivity index (χ0n) is 25.2. The fourth-order valence-corrected chi connectivity index (χ4v) is 7.37. The minimum absolute atomic E-state index is 0.00108. The van der Waals surface area contributed by atoms with Crippen LogP contribution in [0, 0.1) is 9.12 Å². The molecule has 1 atom stereocenters. The molecule has 1 unspecified atom stereocenters. The number of carbonyl (C=O) groups is 1. The minimum atomic E-state index is -0.455. The molecule has 2 aliphatic heterocycles. The number of pyridine rings is 1. The number of amides is 1. The van der Waals surface area contributed by atoms with Crippen molar-refractivity contribution in [2.45, 2.75) is 71.6 Å². The maximum Gasteiger partial charge on any atom is 0.410 e. The molecule has 0 aliphatic carbocycles. The molecule has 2 saturated heterocycles. The van der Waals surface area contributed by atoms with Gasteiger partial charge in [0.2, 0.25) is 0 Å². The zero-order valence-corrected chi connectivity index (χ0v) is 27.4. The lowest BCUT2D eigenvalue weighted by Gasteiger charge is -2.47. The Morgan fingerprint density at radius 3 is 2.52 bits per heavy atom. The molecule has 4 aromatic heterocycles. The van der Waals surface area contributed by atoms with Crippen LogP contribution in [0.15, 0.2) is 36.8 Å². The molecule has 4 aromatic rings. The highest BCUT2D eigenvalue weighted by Crippen LogP contribution is 2.42. The van der Waals surface area contributed by atoms with Crippen LogP contribution in [-0.4, -0.2) is 78.9 Å². The van der Waals surface area contributed by atoms with Crippen LogP contribution in [0.1, 0.15) is 70.7 Å². The number of hydrogen-bond acceptors (Lipinski definition) is 7. The van der Waals surface area contributed by atoms with Gasteiger partial charge in [-0.25, -0.2) is 19.4 Å². The number of nitrogens with one attached hydrogen (secondary N) is 1. The number of nitrogens with zero attached hydrogens (tertiary/aromatic N) is 7. The van der Waals surface area contributed by atoms with Gasteiger partial charge in [-0.15, -0.1) is 0 Å². The highest BCUT2D eigenvalue weighted by molar-refractivity contribution is 14.1. The average molecular weight is 685 g/mol. The van der Waals surface area contributed by atoms with Crippen molar-refractivity contribution in [1.82, 2.24) is 33.9 Å². The maximum absolute atomic E-state index is 12.6. The van der Waals surface area contributed by atoms with Crippen LogP contribution >= 0.6 is 22.6 Å². The Bertz CT molecular complexity index is 1590. The Hall–Kier alpha value is -2.93. The third-order valence-electron chi connectivity index (χ3n) is 9.08. The summed E-state index contributed by atoms with van der Waals surface area (Å²) in [6.07, 6.45) is 8.03. The molecule has 1 amide bonds. The summed E-state index contributed by atoms with van der Waals surface area (Å²) in [6, 6.07) is 8.68. The van der Waals surface area contributed by atoms with Crippen molar-refractivity contribution in [2.24, 2.45) is 5.41 Å². The number of halogens is 1. The molecular weight excluding hydrogens is 643 g/mol. The first-order valence-corrected chi connectivity index (χ1v) is 16.0. The Kier molecular flexibility index (Phi) is 7.84. The molecule has 1 N–H and O–H groups in total. The Labute approximate surface area is 260 Å². The van der Waals surface area contributed by atoms with Crippen molar-refractivity contribution in [1.29, 1.82) is 0 Å². The van der Waals surface area contributed by atoms with Gasteiger partial charge in [0, 0.05) is 44.1 Å². The molecule has 0 radical (unpaired) electrons. The first kappa shape index (κ1) is 29.2. The molecule has 42 heavy (non-hydrogen) atoms. The van der Waals surface area contributed by atoms with Gasteiger partial charge < -0.3 is 19.4 Å². The normalized spacial score (nSPS) is 18.6. The van der Waals surface area contributed by atoms with E-state index in [1.54, 1.807) is 6.33 Å². The van der Waals surface area contributed by atoms with Gasteiger partial charge in [0.05, 0.1) is 11.4 Å². The van der Waals surface area contributed by atoms with Crippen LogP contribution in [0.2, 0.25) is 0 Å². The van der Waals surface area contributed by atoms with Crippen molar-refractivity contribution < 1.29 is 9.53 Å². The summed E-state index contributed by atoms with van der Waals surface area (Å²) < 4.78 is 10.9. The number of fused-ring (bicyclic) bond motifs is 2. The van der Waals surface area contributed by atoms with Crippen LogP contribution in [0.4, 0.5) is 10.6 Å². The SMILES string of the molecule is CNc1ncnc2c1c(I)nn2C(C)c1cc2ccccn2c1CN1CCC2(CC1)CCN(C(=O)OC(C)(C)C)CC2. The fraction of sp³-hybridized carbons (Fsp3) is 0.548. The largest absolute Gasteiger partial charge is 0.444 e. The predicted molar refractivity (Wildman–Crippen MR) is 173 cm³/mol. The van der Waals surface area contributed by atoms with Gasteiger partial charge in [-0.05, 0) is 118 Å². The van der Waals surface area contributed by atoms with Crippen molar-refractivity contribution >= 4 is 51.1 Å². The topological polar surface area (TPSA) is 92.8 Å². The summed E-state index contributed by atoms with van der Waals surface area (Å²) in [5.74, 6) is 0.796. The molecule has 224 valence electrons. The zero-order chi connectivity index (χ0) is 29.6. The molecular formula is C31H41IN8O2. The van der Waals surface area contributed by atoms with Crippen molar-refractivity contribution in [2.75, 3.05) is 38.5 Å². The summed E-state index contributed by atoms with van der Waals surface area (Å²) in [6.45, 7) is 12.6. The van der Waals surface area contributed by atoms with Crippen molar-refractivity contribution in [3.63, 3.8) is 0 Å². The maximum atomic E-state index is 12.6. The van der Waals surface area contributed by atoms with Gasteiger partial charge in [-0.2, -0.15) is 5.10 Å². The van der Waals surface area contributed by atoms with Crippen LogP contribution in [0.25, 0.3) is 16.6 Å². The van der Waals surface area contributed by atoms with Crippen LogP contribution < -0.4 is 5.32 Å². The summed E-state index contributed by atoms with van der Waals surface area (Å²) in [5, 5.41) is 9.07. The Balaban J connectivity index is 1.19. The summed E-state index contributed by atoms with van der Waals surface area (Å²) in [5.41, 5.74) is 4.46. The van der Waals surface area contributed by atoms with Gasteiger partial charge in [0.15, 0.2) is 5.65 Å². The van der Waals surface area contributed by atoms with E-state index in [1.807, 2.05) is 37.4 Å². The van der Waals surface area contributed by atoms with E-state index < -0.39 is 5.60 Å². The number of hydrogen-bond donors (Lipinski definition) is 1. The van der Waals surface area contributed by atoms with Crippen LogP contribution in [0.3, 0.4) is 0 Å². The van der Waals surface area contributed by atoms with E-state index in [1.165, 1.54) is 16.8 Å². The van der Waals surface area contributed by atoms with Gasteiger partial charge >= 0.3 is 6.09 Å². The second kappa shape index (κ2) is 11.3. The summed E-state index contributed by atoms with van der Waals surface area (Å²) >= 11 is 2.28. The Morgan fingerprint density at radius 1 is 1.12 bits per heavy atom. The highest BCUT2D eigenvalue weighted by Gasteiger charge is 2.39. The second-order valence-electron chi connectivity index (χ2n) is 12.9. The molecule has 10 nitrogen and oxygen atoms in total. The number of likely N-dealkylation sites (tertiary alicyclic amines) is 2. The van der Waals surface area contributed by atoms with E-state index in [4.69, 9.17) is 9.84 Å². The predicted octanol–water partition coefficient (Wildman–Crippen LogP) is 5.95. The molecule has 6 rings (SSSR count). The molecule has 6 heterocycles. The van der Waals surface area contributed by atoms with E-state index >= 15 is 0 Å². The van der Waals surface area contributed by atoms with Crippen molar-refractivity contribution in [3.8, 4) is 0 Å². The average Bonchev–Trinajstić information content (AvgIpc) is 3.51. The van der Waals surface area contributed by atoms with Gasteiger partial charge in [-0.3, -0.25) is 4.90 Å². The quantitative estimate of drug-likeness (QED) is 0.260. The lowest BCUT2D eigenvalue weighted by molar-refractivity contribution is -0.00326. The van der Waals surface area contributed by atoms with Gasteiger partial charge in [0.25, 0.3) is 0 Å². The van der Waals surface area contributed by atoms with E-state index in [9.17, 15) is 4.79 Å². The lowest BCUT2D eigenvalue weighted by atomic mass is 9.71. The summed E-state index contributed by atoms with van der Waals surface area (Å²) in [4.78, 5) is 26.1. The number of anilines is 1. The van der Waals surface area contributed by atoms with Crippen LogP contribution in [0.5, 0.6) is 0 Å². The second-order valence-corrected chi connectivity index (χ2v) is 13.9. The van der Waals surface area contributed by atoms with E-state index in [0.29, 0.717) is 5.41 Å². The summed E-state index contributed by atoms with van der Waals surface area (Å²) in [7, 11) is 1.88. The van der Waals surface area contributed by atoms with Crippen LogP contribution in [-0.2, 0) is 11.3 Å². The molecule has 0 aromatic carbocycles. The first-order chi connectivity index (χ1) is 20.1. The highest BCUT2D eigenvalue weighted by atomic mass is 127. The number of rotatable bonds is 5. The monoisotopic (exact) mass is 684 g/mol. The first-order valence-electron chi connectivity index (χ1n) is 14.9. The number of piperidine rings is 2. The third kappa shape index (κ3) is 5.57. The minimum Gasteiger partial charge on any atom is -0.444 e. The molecule has 11 heteroatoms. The molecule has 0 bridgehead atoms. The Morgan fingerprint density at radius 2 is 1.83 bits per heavy atom. The number of ether oxygens (including phenoxy) is 1. The molecule has 0 saturated carbocycles. The lowest BCUT2D eigenvalue weighted by Crippen LogP contribution is -2.49. The van der Waals surface area contributed by atoms with E-state index in [0.717, 1.165) is 79.0 Å².